The number of anilines is 1. The number of fused-ring (bicyclic) bond motifs is 1. The summed E-state index contributed by atoms with van der Waals surface area (Å²) in [6.45, 7) is 3.87. The van der Waals surface area contributed by atoms with E-state index in [-0.39, 0.29) is 5.91 Å². The van der Waals surface area contributed by atoms with Gasteiger partial charge >= 0.3 is 0 Å². The molecule has 3 aromatic rings. The van der Waals surface area contributed by atoms with Crippen LogP contribution in [0.25, 0.3) is 10.2 Å². The molecule has 0 aliphatic heterocycles. The number of thiazole rings is 1. The molecule has 2 aromatic heterocycles. The topological polar surface area (TPSA) is 59.8 Å². The molecule has 20 heavy (non-hydrogen) atoms. The number of carbonyl (C=O) groups excluding carboxylic acids is 1. The molecule has 0 aliphatic rings. The van der Waals surface area contributed by atoms with Gasteiger partial charge in [-0.1, -0.05) is 0 Å². The van der Waals surface area contributed by atoms with Gasteiger partial charge in [0.2, 0.25) is 0 Å². The summed E-state index contributed by atoms with van der Waals surface area (Å²) in [5.41, 5.74) is 3.12. The third-order valence-corrected chi connectivity index (χ3v) is 4.19. The maximum atomic E-state index is 12.3. The molecule has 0 bridgehead atoms. The van der Waals surface area contributed by atoms with E-state index in [2.05, 4.69) is 15.4 Å². The minimum atomic E-state index is -0.145. The third kappa shape index (κ3) is 2.18. The Hall–Kier alpha value is -2.21. The van der Waals surface area contributed by atoms with Crippen molar-refractivity contribution in [3.05, 3.63) is 40.7 Å². The molecule has 1 amide bonds. The molecule has 6 heteroatoms. The van der Waals surface area contributed by atoms with Gasteiger partial charge < -0.3 is 5.32 Å². The first-order chi connectivity index (χ1) is 9.54. The Kier molecular flexibility index (Phi) is 3.02. The van der Waals surface area contributed by atoms with Crippen molar-refractivity contribution >= 4 is 33.1 Å². The number of nitrogens with one attached hydrogen (secondary N) is 1. The lowest BCUT2D eigenvalue weighted by atomic mass is 10.2. The summed E-state index contributed by atoms with van der Waals surface area (Å²) >= 11 is 1.63. The number of aryl methyl sites for hydroxylation is 2. The van der Waals surface area contributed by atoms with Crippen LogP contribution in [-0.2, 0) is 7.05 Å². The normalized spacial score (nSPS) is 10.9. The Balaban J connectivity index is 1.90. The van der Waals surface area contributed by atoms with Crippen molar-refractivity contribution in [1.29, 1.82) is 0 Å². The van der Waals surface area contributed by atoms with Crippen LogP contribution in [0, 0.1) is 13.8 Å². The molecule has 1 aromatic carbocycles. The standard InChI is InChI=1S/C14H14N4OS/c1-8-12(7-15-18(8)3)17-14(19)10-4-5-13-11(6-10)16-9(2)20-13/h4-7H,1-3H3,(H,17,19). The van der Waals surface area contributed by atoms with Crippen LogP contribution in [0.5, 0.6) is 0 Å². The number of rotatable bonds is 2. The summed E-state index contributed by atoms with van der Waals surface area (Å²) in [7, 11) is 1.84. The smallest absolute Gasteiger partial charge is 0.255 e. The SMILES string of the molecule is Cc1nc2cc(C(=O)Nc3cnn(C)c3C)ccc2s1. The van der Waals surface area contributed by atoms with Gasteiger partial charge in [-0.15, -0.1) is 11.3 Å². The van der Waals surface area contributed by atoms with Gasteiger partial charge in [0.1, 0.15) is 0 Å². The fraction of sp³-hybridized carbons (Fsp3) is 0.214. The lowest BCUT2D eigenvalue weighted by Gasteiger charge is -2.04. The molecule has 0 atom stereocenters. The Morgan fingerprint density at radius 3 is 2.85 bits per heavy atom. The third-order valence-electron chi connectivity index (χ3n) is 3.24. The molecule has 0 spiro atoms. The van der Waals surface area contributed by atoms with Crippen molar-refractivity contribution in [2.45, 2.75) is 13.8 Å². The minimum absolute atomic E-state index is 0.145. The molecular weight excluding hydrogens is 272 g/mol. The zero-order chi connectivity index (χ0) is 14.3. The van der Waals surface area contributed by atoms with E-state index in [4.69, 9.17) is 0 Å². The van der Waals surface area contributed by atoms with Crippen molar-refractivity contribution in [1.82, 2.24) is 14.8 Å². The van der Waals surface area contributed by atoms with E-state index in [0.29, 0.717) is 5.56 Å². The van der Waals surface area contributed by atoms with E-state index >= 15 is 0 Å². The molecule has 0 unspecified atom stereocenters. The van der Waals surface area contributed by atoms with Gasteiger partial charge in [-0.25, -0.2) is 4.98 Å². The number of hydrogen-bond donors (Lipinski definition) is 1. The van der Waals surface area contributed by atoms with Crippen LogP contribution in [0.2, 0.25) is 0 Å². The summed E-state index contributed by atoms with van der Waals surface area (Å²) in [5.74, 6) is -0.145. The summed E-state index contributed by atoms with van der Waals surface area (Å²) in [5, 5.41) is 7.98. The van der Waals surface area contributed by atoms with Gasteiger partial charge in [0.15, 0.2) is 0 Å². The molecule has 102 valence electrons. The number of amides is 1. The first kappa shape index (κ1) is 12.8. The highest BCUT2D eigenvalue weighted by molar-refractivity contribution is 7.18. The Labute approximate surface area is 120 Å². The second-order valence-electron chi connectivity index (χ2n) is 4.64. The molecule has 0 aliphatic carbocycles. The van der Waals surface area contributed by atoms with Crippen LogP contribution < -0.4 is 5.32 Å². The first-order valence-electron chi connectivity index (χ1n) is 6.22. The molecule has 0 radical (unpaired) electrons. The Bertz CT molecular complexity index is 803. The molecular formula is C14H14N4OS. The van der Waals surface area contributed by atoms with Gasteiger partial charge in [0.25, 0.3) is 5.91 Å². The van der Waals surface area contributed by atoms with Gasteiger partial charge in [-0.05, 0) is 32.0 Å². The average Bonchev–Trinajstić information content (AvgIpc) is 2.93. The molecule has 0 saturated heterocycles. The van der Waals surface area contributed by atoms with Crippen molar-refractivity contribution in [2.75, 3.05) is 5.32 Å². The van der Waals surface area contributed by atoms with Crippen molar-refractivity contribution in [2.24, 2.45) is 7.05 Å². The van der Waals surface area contributed by atoms with Crippen molar-refractivity contribution in [3.63, 3.8) is 0 Å². The van der Waals surface area contributed by atoms with Crippen molar-refractivity contribution < 1.29 is 4.79 Å². The summed E-state index contributed by atoms with van der Waals surface area (Å²) in [4.78, 5) is 16.7. The predicted octanol–water partition coefficient (Wildman–Crippen LogP) is 2.90. The molecule has 0 fully saturated rings. The molecule has 2 heterocycles. The summed E-state index contributed by atoms with van der Waals surface area (Å²) < 4.78 is 2.82. The van der Waals surface area contributed by atoms with E-state index in [9.17, 15) is 4.79 Å². The van der Waals surface area contributed by atoms with Gasteiger partial charge in [-0.3, -0.25) is 9.48 Å². The molecule has 1 N–H and O–H groups in total. The van der Waals surface area contributed by atoms with Crippen LogP contribution in [-0.4, -0.2) is 20.7 Å². The largest absolute Gasteiger partial charge is 0.319 e. The fourth-order valence-corrected chi connectivity index (χ4v) is 2.81. The number of nitrogens with zero attached hydrogens (tertiary/aromatic N) is 3. The van der Waals surface area contributed by atoms with E-state index in [1.165, 1.54) is 0 Å². The Morgan fingerprint density at radius 2 is 2.15 bits per heavy atom. The van der Waals surface area contributed by atoms with Crippen LogP contribution in [0.4, 0.5) is 5.69 Å². The van der Waals surface area contributed by atoms with Crippen LogP contribution in [0.1, 0.15) is 21.1 Å². The van der Waals surface area contributed by atoms with Gasteiger partial charge in [0.05, 0.1) is 32.8 Å². The zero-order valence-electron chi connectivity index (χ0n) is 11.5. The molecule has 5 nitrogen and oxygen atoms in total. The van der Waals surface area contributed by atoms with Gasteiger partial charge in [-0.2, -0.15) is 5.10 Å². The minimum Gasteiger partial charge on any atom is -0.319 e. The van der Waals surface area contributed by atoms with Crippen LogP contribution >= 0.6 is 11.3 Å². The highest BCUT2D eigenvalue weighted by Gasteiger charge is 2.11. The lowest BCUT2D eigenvalue weighted by molar-refractivity contribution is 0.102. The van der Waals surface area contributed by atoms with E-state index in [1.54, 1.807) is 22.2 Å². The zero-order valence-corrected chi connectivity index (χ0v) is 12.3. The van der Waals surface area contributed by atoms with E-state index in [1.807, 2.05) is 39.1 Å². The number of aromatic nitrogens is 3. The number of benzene rings is 1. The Morgan fingerprint density at radius 1 is 1.35 bits per heavy atom. The highest BCUT2D eigenvalue weighted by atomic mass is 32.1. The second kappa shape index (κ2) is 4.72. The van der Waals surface area contributed by atoms with Gasteiger partial charge in [0, 0.05) is 12.6 Å². The summed E-state index contributed by atoms with van der Waals surface area (Å²) in [6, 6.07) is 5.58. The second-order valence-corrected chi connectivity index (χ2v) is 5.87. The molecule has 3 rings (SSSR count). The highest BCUT2D eigenvalue weighted by Crippen LogP contribution is 2.23. The number of carbonyl (C=O) groups is 1. The summed E-state index contributed by atoms with van der Waals surface area (Å²) in [6.07, 6.45) is 1.65. The van der Waals surface area contributed by atoms with Crippen LogP contribution in [0.3, 0.4) is 0 Å². The fourth-order valence-electron chi connectivity index (χ4n) is 2.00. The van der Waals surface area contributed by atoms with Crippen LogP contribution in [0.15, 0.2) is 24.4 Å². The maximum absolute atomic E-state index is 12.3. The molecule has 0 saturated carbocycles. The predicted molar refractivity (Wildman–Crippen MR) is 80.3 cm³/mol. The first-order valence-corrected chi connectivity index (χ1v) is 7.03. The van der Waals surface area contributed by atoms with Crippen molar-refractivity contribution in [3.8, 4) is 0 Å². The van der Waals surface area contributed by atoms with E-state index in [0.717, 1.165) is 26.6 Å². The number of hydrogen-bond acceptors (Lipinski definition) is 4. The van der Waals surface area contributed by atoms with E-state index < -0.39 is 0 Å². The maximum Gasteiger partial charge on any atom is 0.255 e. The monoisotopic (exact) mass is 286 g/mol. The quantitative estimate of drug-likeness (QED) is 0.788. The lowest BCUT2D eigenvalue weighted by Crippen LogP contribution is -2.12. The average molecular weight is 286 g/mol.